The van der Waals surface area contributed by atoms with Gasteiger partial charge in [0.25, 0.3) is 0 Å². The lowest BCUT2D eigenvalue weighted by molar-refractivity contribution is -0.132. The molecule has 6 heteroatoms. The van der Waals surface area contributed by atoms with Crippen molar-refractivity contribution in [2.24, 2.45) is 5.73 Å². The van der Waals surface area contributed by atoms with Gasteiger partial charge in [0.2, 0.25) is 5.91 Å². The number of hydrogen-bond acceptors (Lipinski definition) is 5. The summed E-state index contributed by atoms with van der Waals surface area (Å²) >= 11 is 0. The number of hydrogen-bond donors (Lipinski definition) is 2. The van der Waals surface area contributed by atoms with E-state index in [1.807, 2.05) is 0 Å². The molecule has 1 aromatic carbocycles. The number of likely N-dealkylation sites (N-methyl/N-ethyl adjacent to an activating group) is 1. The van der Waals surface area contributed by atoms with Gasteiger partial charge in [0.05, 0.1) is 13.7 Å². The number of ether oxygens (including phenoxy) is 2. The van der Waals surface area contributed by atoms with Crippen LogP contribution in [0.4, 0.5) is 0 Å². The molecule has 0 saturated carbocycles. The average molecular weight is 268 g/mol. The molecule has 6 nitrogen and oxygen atoms in total. The minimum Gasteiger partial charge on any atom is -0.504 e. The smallest absolute Gasteiger partial charge is 0.241 e. The van der Waals surface area contributed by atoms with E-state index in [-0.39, 0.29) is 18.3 Å². The molecular formula is C13H20N2O4. The fourth-order valence-corrected chi connectivity index (χ4v) is 1.71. The third-order valence-electron chi connectivity index (χ3n) is 2.70. The molecule has 0 heterocycles. The zero-order chi connectivity index (χ0) is 14.4. The Morgan fingerprint density at radius 3 is 2.74 bits per heavy atom. The van der Waals surface area contributed by atoms with Crippen LogP contribution in [-0.2, 0) is 16.1 Å². The van der Waals surface area contributed by atoms with Crippen LogP contribution in [0, 0.1) is 0 Å². The normalized spacial score (nSPS) is 12.0. The highest BCUT2D eigenvalue weighted by Crippen LogP contribution is 2.26. The number of benzene rings is 1. The number of carbonyl (C=O) groups excluding carboxylic acids is 1. The highest BCUT2D eigenvalue weighted by atomic mass is 16.5. The maximum absolute atomic E-state index is 11.9. The molecule has 0 bridgehead atoms. The van der Waals surface area contributed by atoms with Crippen LogP contribution in [0.3, 0.4) is 0 Å². The van der Waals surface area contributed by atoms with Crippen LogP contribution >= 0.6 is 0 Å². The predicted molar refractivity (Wildman–Crippen MR) is 71.0 cm³/mol. The van der Waals surface area contributed by atoms with E-state index in [1.54, 1.807) is 19.2 Å². The quantitative estimate of drug-likeness (QED) is 0.776. The molecule has 1 amide bonds. The van der Waals surface area contributed by atoms with E-state index in [0.717, 1.165) is 5.56 Å². The zero-order valence-corrected chi connectivity index (χ0v) is 11.4. The zero-order valence-electron chi connectivity index (χ0n) is 11.4. The Morgan fingerprint density at radius 2 is 2.16 bits per heavy atom. The van der Waals surface area contributed by atoms with Crippen molar-refractivity contribution in [3.8, 4) is 11.5 Å². The van der Waals surface area contributed by atoms with Crippen molar-refractivity contribution in [3.05, 3.63) is 23.8 Å². The van der Waals surface area contributed by atoms with Crippen LogP contribution in [0.5, 0.6) is 11.5 Å². The van der Waals surface area contributed by atoms with Crippen molar-refractivity contribution >= 4 is 5.91 Å². The number of methoxy groups -OCH3 is 2. The lowest BCUT2D eigenvalue weighted by Crippen LogP contribution is -2.44. The summed E-state index contributed by atoms with van der Waals surface area (Å²) in [6, 6.07) is 4.26. The molecule has 0 aliphatic rings. The van der Waals surface area contributed by atoms with Crippen LogP contribution in [0.1, 0.15) is 5.56 Å². The maximum atomic E-state index is 11.9. The first-order chi connectivity index (χ1) is 8.99. The summed E-state index contributed by atoms with van der Waals surface area (Å²) < 4.78 is 9.87. The van der Waals surface area contributed by atoms with Gasteiger partial charge < -0.3 is 25.2 Å². The second-order valence-electron chi connectivity index (χ2n) is 4.26. The van der Waals surface area contributed by atoms with Crippen molar-refractivity contribution in [2.75, 3.05) is 27.9 Å². The average Bonchev–Trinajstić information content (AvgIpc) is 2.40. The van der Waals surface area contributed by atoms with E-state index in [1.165, 1.54) is 25.2 Å². The molecule has 0 radical (unpaired) electrons. The first kappa shape index (κ1) is 15.3. The van der Waals surface area contributed by atoms with Crippen LogP contribution in [0.15, 0.2) is 18.2 Å². The summed E-state index contributed by atoms with van der Waals surface area (Å²) in [4.78, 5) is 13.4. The summed E-state index contributed by atoms with van der Waals surface area (Å²) in [5.74, 6) is 0.241. The highest BCUT2D eigenvalue weighted by molar-refractivity contribution is 5.81. The molecule has 0 aliphatic carbocycles. The second kappa shape index (κ2) is 6.96. The number of aromatic hydroxyl groups is 1. The van der Waals surface area contributed by atoms with E-state index in [2.05, 4.69) is 0 Å². The van der Waals surface area contributed by atoms with Gasteiger partial charge in [-0.15, -0.1) is 0 Å². The standard InChI is InChI=1S/C13H20N2O4/c1-15(13(17)10(14)8-18-2)7-9-4-5-11(16)12(6-9)19-3/h4-6,10,16H,7-8,14H2,1-3H3. The minimum atomic E-state index is -0.672. The van der Waals surface area contributed by atoms with Gasteiger partial charge in [0.15, 0.2) is 11.5 Å². The summed E-state index contributed by atoms with van der Waals surface area (Å²) in [5.41, 5.74) is 6.52. The summed E-state index contributed by atoms with van der Waals surface area (Å²) in [7, 11) is 4.64. The lowest BCUT2D eigenvalue weighted by atomic mass is 10.2. The Morgan fingerprint density at radius 1 is 1.47 bits per heavy atom. The lowest BCUT2D eigenvalue weighted by Gasteiger charge is -2.21. The molecule has 0 fully saturated rings. The molecule has 1 atom stereocenters. The van der Waals surface area contributed by atoms with Gasteiger partial charge in [0.1, 0.15) is 6.04 Å². The van der Waals surface area contributed by atoms with Gasteiger partial charge in [0, 0.05) is 20.7 Å². The van der Waals surface area contributed by atoms with Crippen molar-refractivity contribution in [1.82, 2.24) is 4.90 Å². The number of phenolic OH excluding ortho intramolecular Hbond substituents is 1. The molecule has 0 aromatic heterocycles. The number of nitrogens with zero attached hydrogens (tertiary/aromatic N) is 1. The van der Waals surface area contributed by atoms with Crippen molar-refractivity contribution in [1.29, 1.82) is 0 Å². The summed E-state index contributed by atoms with van der Waals surface area (Å²) in [6.45, 7) is 0.564. The summed E-state index contributed by atoms with van der Waals surface area (Å²) in [5, 5.41) is 9.49. The number of carbonyl (C=O) groups is 1. The van der Waals surface area contributed by atoms with Crippen molar-refractivity contribution in [2.45, 2.75) is 12.6 Å². The van der Waals surface area contributed by atoms with E-state index < -0.39 is 6.04 Å². The molecule has 1 unspecified atom stereocenters. The molecule has 106 valence electrons. The monoisotopic (exact) mass is 268 g/mol. The third kappa shape index (κ3) is 4.11. The molecular weight excluding hydrogens is 248 g/mol. The first-order valence-electron chi connectivity index (χ1n) is 5.85. The topological polar surface area (TPSA) is 85.0 Å². The van der Waals surface area contributed by atoms with E-state index in [9.17, 15) is 9.90 Å². The predicted octanol–water partition coefficient (Wildman–Crippen LogP) is 0.333. The van der Waals surface area contributed by atoms with Crippen molar-refractivity contribution < 1.29 is 19.4 Å². The Bertz CT molecular complexity index is 437. The Labute approximate surface area is 112 Å². The number of phenols is 1. The van der Waals surface area contributed by atoms with Gasteiger partial charge in [-0.25, -0.2) is 0 Å². The Balaban J connectivity index is 2.71. The second-order valence-corrected chi connectivity index (χ2v) is 4.26. The van der Waals surface area contributed by atoms with E-state index in [0.29, 0.717) is 12.3 Å². The van der Waals surface area contributed by atoms with Gasteiger partial charge in [-0.05, 0) is 17.7 Å². The van der Waals surface area contributed by atoms with Gasteiger partial charge >= 0.3 is 0 Å². The molecule has 0 saturated heterocycles. The third-order valence-corrected chi connectivity index (χ3v) is 2.70. The van der Waals surface area contributed by atoms with Crippen LogP contribution < -0.4 is 10.5 Å². The SMILES string of the molecule is COCC(N)C(=O)N(C)Cc1ccc(O)c(OC)c1. The Hall–Kier alpha value is -1.79. The molecule has 0 aliphatic heterocycles. The highest BCUT2D eigenvalue weighted by Gasteiger charge is 2.18. The molecule has 1 aromatic rings. The molecule has 19 heavy (non-hydrogen) atoms. The van der Waals surface area contributed by atoms with Crippen LogP contribution in [0.25, 0.3) is 0 Å². The van der Waals surface area contributed by atoms with Gasteiger partial charge in [-0.2, -0.15) is 0 Å². The fraction of sp³-hybridized carbons (Fsp3) is 0.462. The summed E-state index contributed by atoms with van der Waals surface area (Å²) in [6.07, 6.45) is 0. The van der Waals surface area contributed by atoms with Gasteiger partial charge in [-0.3, -0.25) is 4.79 Å². The van der Waals surface area contributed by atoms with Crippen molar-refractivity contribution in [3.63, 3.8) is 0 Å². The largest absolute Gasteiger partial charge is 0.504 e. The van der Waals surface area contributed by atoms with E-state index >= 15 is 0 Å². The first-order valence-corrected chi connectivity index (χ1v) is 5.85. The number of rotatable bonds is 6. The maximum Gasteiger partial charge on any atom is 0.241 e. The van der Waals surface area contributed by atoms with Crippen LogP contribution in [0.2, 0.25) is 0 Å². The number of nitrogens with two attached hydrogens (primary N) is 1. The van der Waals surface area contributed by atoms with Crippen LogP contribution in [-0.4, -0.2) is 49.8 Å². The minimum absolute atomic E-state index is 0.0660. The molecule has 0 spiro atoms. The number of amides is 1. The van der Waals surface area contributed by atoms with Gasteiger partial charge in [-0.1, -0.05) is 6.07 Å². The Kier molecular flexibility index (Phi) is 5.59. The fourth-order valence-electron chi connectivity index (χ4n) is 1.71. The van der Waals surface area contributed by atoms with E-state index in [4.69, 9.17) is 15.2 Å². The molecule has 3 N–H and O–H groups in total. The molecule has 1 rings (SSSR count).